The smallest absolute Gasteiger partial charge is 0.377 e. The van der Waals surface area contributed by atoms with Crippen LogP contribution in [0.1, 0.15) is 16.1 Å². The molecule has 0 unspecified atom stereocenters. The highest BCUT2D eigenvalue weighted by Crippen LogP contribution is 2.21. The number of Topliss-reactive ketones (excluding diaryl/α,β-unsaturated/α-hetero) is 1. The molecule has 2 rings (SSSR count). The van der Waals surface area contributed by atoms with Crippen molar-refractivity contribution in [1.29, 1.82) is 0 Å². The third-order valence-electron chi connectivity index (χ3n) is 2.54. The Labute approximate surface area is 97.9 Å². The van der Waals surface area contributed by atoms with Crippen LogP contribution in [-0.4, -0.2) is 21.8 Å². The molecule has 17 heavy (non-hydrogen) atoms. The van der Waals surface area contributed by atoms with Crippen molar-refractivity contribution < 1.29 is 14.7 Å². The maximum Gasteiger partial charge on any atom is 0.377 e. The molecule has 2 N–H and O–H groups in total. The van der Waals surface area contributed by atoms with E-state index in [1.54, 1.807) is 13.0 Å². The lowest BCUT2D eigenvalue weighted by molar-refractivity contribution is -0.131. The number of carbonyl (C=O) groups excluding carboxylic acids is 1. The molecular weight excluding hydrogens is 218 g/mol. The molecule has 4 heteroatoms. The van der Waals surface area contributed by atoms with Crippen molar-refractivity contribution in [3.8, 4) is 11.3 Å². The Hall–Kier alpha value is -2.36. The minimum Gasteiger partial charge on any atom is -0.475 e. The first-order valence-electron chi connectivity index (χ1n) is 5.12. The number of aliphatic carboxylic acids is 1. The van der Waals surface area contributed by atoms with E-state index in [1.807, 2.05) is 30.3 Å². The predicted molar refractivity (Wildman–Crippen MR) is 62.9 cm³/mol. The lowest BCUT2D eigenvalue weighted by Crippen LogP contribution is -2.12. The Morgan fingerprint density at radius 2 is 1.82 bits per heavy atom. The second-order valence-corrected chi connectivity index (χ2v) is 3.72. The van der Waals surface area contributed by atoms with Gasteiger partial charge in [0.1, 0.15) is 0 Å². The molecule has 0 atom stereocenters. The summed E-state index contributed by atoms with van der Waals surface area (Å²) in [5.74, 6) is -2.33. The fraction of sp³-hybridized carbons (Fsp3) is 0.0769. The van der Waals surface area contributed by atoms with Gasteiger partial charge in [0.25, 0.3) is 5.78 Å². The van der Waals surface area contributed by atoms with Gasteiger partial charge in [-0.05, 0) is 18.6 Å². The summed E-state index contributed by atoms with van der Waals surface area (Å²) < 4.78 is 0. The predicted octanol–water partition coefficient (Wildman–Crippen LogP) is 2.26. The van der Waals surface area contributed by atoms with Crippen LogP contribution in [0.15, 0.2) is 36.4 Å². The van der Waals surface area contributed by atoms with Gasteiger partial charge < -0.3 is 10.1 Å². The van der Waals surface area contributed by atoms with Crippen LogP contribution in [0.3, 0.4) is 0 Å². The first-order chi connectivity index (χ1) is 8.09. The van der Waals surface area contributed by atoms with Crippen molar-refractivity contribution in [2.75, 3.05) is 0 Å². The van der Waals surface area contributed by atoms with Crippen LogP contribution in [-0.2, 0) is 4.79 Å². The van der Waals surface area contributed by atoms with Crippen LogP contribution in [0.4, 0.5) is 0 Å². The van der Waals surface area contributed by atoms with Gasteiger partial charge in [-0.25, -0.2) is 4.79 Å². The molecule has 1 aromatic heterocycles. The zero-order chi connectivity index (χ0) is 12.4. The minimum atomic E-state index is -1.44. The van der Waals surface area contributed by atoms with E-state index in [0.29, 0.717) is 5.69 Å². The van der Waals surface area contributed by atoms with E-state index in [1.165, 1.54) is 0 Å². The van der Waals surface area contributed by atoms with Crippen LogP contribution < -0.4 is 0 Å². The molecule has 0 saturated heterocycles. The monoisotopic (exact) mass is 229 g/mol. The molecule has 0 spiro atoms. The number of H-pyrrole nitrogens is 1. The Bertz CT molecular complexity index is 570. The van der Waals surface area contributed by atoms with E-state index < -0.39 is 11.8 Å². The second-order valence-electron chi connectivity index (χ2n) is 3.72. The molecule has 0 radical (unpaired) electrons. The number of carboxylic acid groups (broad SMARTS) is 1. The number of ketones is 1. The van der Waals surface area contributed by atoms with E-state index in [-0.39, 0.29) is 5.56 Å². The molecular formula is C13H11NO3. The molecule has 2 aromatic rings. The average Bonchev–Trinajstić information content (AvgIpc) is 2.71. The van der Waals surface area contributed by atoms with Crippen molar-refractivity contribution in [3.63, 3.8) is 0 Å². The lowest BCUT2D eigenvalue weighted by Gasteiger charge is -1.95. The van der Waals surface area contributed by atoms with Gasteiger partial charge in [0.2, 0.25) is 0 Å². The highest BCUT2D eigenvalue weighted by atomic mass is 16.4. The van der Waals surface area contributed by atoms with E-state index in [4.69, 9.17) is 5.11 Å². The largest absolute Gasteiger partial charge is 0.475 e. The Kier molecular flexibility index (Phi) is 2.78. The van der Waals surface area contributed by atoms with Gasteiger partial charge >= 0.3 is 5.97 Å². The molecule has 0 aliphatic rings. The summed E-state index contributed by atoms with van der Waals surface area (Å²) in [6.45, 7) is 1.68. The third kappa shape index (κ3) is 2.10. The van der Waals surface area contributed by atoms with Crippen LogP contribution in [0.2, 0.25) is 0 Å². The zero-order valence-electron chi connectivity index (χ0n) is 9.23. The van der Waals surface area contributed by atoms with E-state index in [9.17, 15) is 9.59 Å². The Morgan fingerprint density at radius 1 is 1.18 bits per heavy atom. The van der Waals surface area contributed by atoms with E-state index >= 15 is 0 Å². The lowest BCUT2D eigenvalue weighted by atomic mass is 10.1. The summed E-state index contributed by atoms with van der Waals surface area (Å²) >= 11 is 0. The van der Waals surface area contributed by atoms with Gasteiger partial charge in [0.15, 0.2) is 0 Å². The van der Waals surface area contributed by atoms with Gasteiger partial charge in [-0.3, -0.25) is 4.79 Å². The topological polar surface area (TPSA) is 70.2 Å². The fourth-order valence-electron chi connectivity index (χ4n) is 1.68. The quantitative estimate of drug-likeness (QED) is 0.626. The average molecular weight is 229 g/mol. The number of hydrogen-bond donors (Lipinski definition) is 2. The highest BCUT2D eigenvalue weighted by Gasteiger charge is 2.19. The number of aromatic amines is 1. The molecule has 86 valence electrons. The number of nitrogens with one attached hydrogen (secondary N) is 1. The number of rotatable bonds is 3. The van der Waals surface area contributed by atoms with Crippen LogP contribution >= 0.6 is 0 Å². The normalized spacial score (nSPS) is 10.2. The Morgan fingerprint density at radius 3 is 2.41 bits per heavy atom. The van der Waals surface area contributed by atoms with Crippen LogP contribution in [0.5, 0.6) is 0 Å². The second kappa shape index (κ2) is 4.25. The number of carbonyl (C=O) groups is 2. The summed E-state index contributed by atoms with van der Waals surface area (Å²) in [5, 5.41) is 8.68. The van der Waals surface area contributed by atoms with Crippen LogP contribution in [0, 0.1) is 6.92 Å². The standard InChI is InChI=1S/C13H11NO3/c1-8-10(12(15)13(16)17)7-11(14-8)9-5-3-2-4-6-9/h2-7,14H,1H3,(H,16,17). The zero-order valence-corrected chi connectivity index (χ0v) is 9.23. The Balaban J connectivity index is 2.44. The molecule has 0 aliphatic heterocycles. The first kappa shape index (κ1) is 11.1. The van der Waals surface area contributed by atoms with Crippen molar-refractivity contribution in [2.45, 2.75) is 6.92 Å². The highest BCUT2D eigenvalue weighted by molar-refractivity contribution is 6.40. The molecule has 0 bridgehead atoms. The summed E-state index contributed by atoms with van der Waals surface area (Å²) in [4.78, 5) is 25.0. The minimum absolute atomic E-state index is 0.205. The molecule has 0 aliphatic carbocycles. The van der Waals surface area contributed by atoms with Crippen molar-refractivity contribution in [1.82, 2.24) is 4.98 Å². The number of benzene rings is 1. The number of carboxylic acids is 1. The summed E-state index contributed by atoms with van der Waals surface area (Å²) in [6, 6.07) is 11.0. The van der Waals surface area contributed by atoms with Crippen LogP contribution in [0.25, 0.3) is 11.3 Å². The molecule has 1 aromatic carbocycles. The maximum atomic E-state index is 11.4. The summed E-state index contributed by atoms with van der Waals surface area (Å²) in [6.07, 6.45) is 0. The molecule has 4 nitrogen and oxygen atoms in total. The maximum absolute atomic E-state index is 11.4. The third-order valence-corrected chi connectivity index (χ3v) is 2.54. The number of hydrogen-bond acceptors (Lipinski definition) is 2. The summed E-state index contributed by atoms with van der Waals surface area (Å²) in [5.41, 5.74) is 2.43. The molecule has 0 amide bonds. The molecule has 1 heterocycles. The summed E-state index contributed by atoms with van der Waals surface area (Å²) in [7, 11) is 0. The fourth-order valence-corrected chi connectivity index (χ4v) is 1.68. The van der Waals surface area contributed by atoms with Crippen molar-refractivity contribution in [2.24, 2.45) is 0 Å². The van der Waals surface area contributed by atoms with E-state index in [2.05, 4.69) is 4.98 Å². The van der Waals surface area contributed by atoms with Crippen molar-refractivity contribution >= 4 is 11.8 Å². The first-order valence-corrected chi connectivity index (χ1v) is 5.12. The van der Waals surface area contributed by atoms with E-state index in [0.717, 1.165) is 11.3 Å². The van der Waals surface area contributed by atoms with Gasteiger partial charge in [-0.15, -0.1) is 0 Å². The van der Waals surface area contributed by atoms with Gasteiger partial charge in [0.05, 0.1) is 5.56 Å². The van der Waals surface area contributed by atoms with Gasteiger partial charge in [-0.1, -0.05) is 30.3 Å². The number of aryl methyl sites for hydroxylation is 1. The SMILES string of the molecule is Cc1[nH]c(-c2ccccc2)cc1C(=O)C(=O)O. The van der Waals surface area contributed by atoms with Gasteiger partial charge in [-0.2, -0.15) is 0 Å². The number of aromatic nitrogens is 1. The van der Waals surface area contributed by atoms with Gasteiger partial charge in [0, 0.05) is 11.4 Å². The molecule has 0 saturated carbocycles. The van der Waals surface area contributed by atoms with Crippen molar-refractivity contribution in [3.05, 3.63) is 47.7 Å². The molecule has 0 fully saturated rings.